The monoisotopic (exact) mass is 433 g/mol. The van der Waals surface area contributed by atoms with Gasteiger partial charge in [0, 0.05) is 47.4 Å². The number of benzene rings is 2. The van der Waals surface area contributed by atoms with Crippen LogP contribution in [0.5, 0.6) is 0 Å². The van der Waals surface area contributed by atoms with Gasteiger partial charge in [-0.3, -0.25) is 9.48 Å². The first-order valence-electron chi connectivity index (χ1n) is 10.2. The van der Waals surface area contributed by atoms with Crippen LogP contribution < -0.4 is 0 Å². The first kappa shape index (κ1) is 21.0. The minimum atomic E-state index is -0.188. The van der Waals surface area contributed by atoms with Crippen LogP contribution in [0.4, 0.5) is 0 Å². The van der Waals surface area contributed by atoms with Gasteiger partial charge in [0.05, 0.1) is 11.7 Å². The summed E-state index contributed by atoms with van der Waals surface area (Å²) in [5, 5.41) is 5.56. The van der Waals surface area contributed by atoms with Gasteiger partial charge in [-0.2, -0.15) is 5.10 Å². The summed E-state index contributed by atoms with van der Waals surface area (Å²) in [5.41, 5.74) is 5.09. The molecule has 0 aliphatic rings. The molecule has 1 amide bonds. The Bertz CT molecular complexity index is 1260. The van der Waals surface area contributed by atoms with Gasteiger partial charge in [0.15, 0.2) is 5.82 Å². The lowest BCUT2D eigenvalue weighted by atomic mass is 10.1. The molecule has 0 aliphatic heterocycles. The minimum absolute atomic E-state index is 0.188. The predicted octanol–water partition coefficient (Wildman–Crippen LogP) is 5.06. The van der Waals surface area contributed by atoms with Crippen LogP contribution in [-0.4, -0.2) is 37.6 Å². The summed E-state index contributed by atoms with van der Waals surface area (Å²) in [6.45, 7) is 7.32. The number of fused-ring (bicyclic) bond motifs is 1. The molecule has 158 valence electrons. The number of aryl methyl sites for hydroxylation is 2. The number of amides is 1. The van der Waals surface area contributed by atoms with Crippen molar-refractivity contribution in [2.45, 2.75) is 33.9 Å². The summed E-state index contributed by atoms with van der Waals surface area (Å²) < 4.78 is 1.92. The highest BCUT2D eigenvalue weighted by molar-refractivity contribution is 6.31. The Morgan fingerprint density at radius 2 is 1.84 bits per heavy atom. The lowest BCUT2D eigenvalue weighted by molar-refractivity contribution is 0.0781. The summed E-state index contributed by atoms with van der Waals surface area (Å²) in [6, 6.07) is 13.3. The number of nitrogens with zero attached hydrogens (tertiary/aromatic N) is 5. The Balaban J connectivity index is 1.76. The van der Waals surface area contributed by atoms with Gasteiger partial charge in [-0.05, 0) is 39.0 Å². The van der Waals surface area contributed by atoms with Crippen molar-refractivity contribution in [1.29, 1.82) is 0 Å². The second-order valence-corrected chi connectivity index (χ2v) is 8.09. The summed E-state index contributed by atoms with van der Waals surface area (Å²) in [5.74, 6) is 0.327. The van der Waals surface area contributed by atoms with Crippen LogP contribution >= 0.6 is 11.6 Å². The summed E-state index contributed by atoms with van der Waals surface area (Å²) in [4.78, 5) is 24.5. The van der Waals surface area contributed by atoms with Crippen LogP contribution in [0.1, 0.15) is 34.2 Å². The normalized spacial score (nSPS) is 11.1. The maximum atomic E-state index is 13.5. The molecule has 0 radical (unpaired) electrons. The molecule has 4 rings (SSSR count). The third-order valence-corrected chi connectivity index (χ3v) is 5.66. The molecular formula is C24H24ClN5O. The third kappa shape index (κ3) is 4.16. The van der Waals surface area contributed by atoms with Gasteiger partial charge >= 0.3 is 0 Å². The molecule has 0 unspecified atom stereocenters. The van der Waals surface area contributed by atoms with Crippen LogP contribution in [0, 0.1) is 13.8 Å². The van der Waals surface area contributed by atoms with E-state index in [0.29, 0.717) is 34.0 Å². The van der Waals surface area contributed by atoms with Gasteiger partial charge < -0.3 is 4.90 Å². The Labute approximate surface area is 186 Å². The second kappa shape index (κ2) is 8.47. The van der Waals surface area contributed by atoms with Gasteiger partial charge in [0.2, 0.25) is 0 Å². The fraction of sp³-hybridized carbons (Fsp3) is 0.250. The molecule has 0 spiro atoms. The van der Waals surface area contributed by atoms with Gasteiger partial charge in [0.1, 0.15) is 5.69 Å². The SMILES string of the molecule is CCn1ncc(CN(C)C(=O)c2nc(-c3ccc(C)cc3)nc3ccc(Cl)cc23)c1C. The smallest absolute Gasteiger partial charge is 0.273 e. The Kier molecular flexibility index (Phi) is 5.74. The lowest BCUT2D eigenvalue weighted by Crippen LogP contribution is -2.27. The van der Waals surface area contributed by atoms with Crippen LogP contribution in [-0.2, 0) is 13.1 Å². The number of carbonyl (C=O) groups is 1. The van der Waals surface area contributed by atoms with Gasteiger partial charge in [0.25, 0.3) is 5.91 Å². The van der Waals surface area contributed by atoms with Gasteiger partial charge in [-0.25, -0.2) is 9.97 Å². The van der Waals surface area contributed by atoms with Gasteiger partial charge in [-0.15, -0.1) is 0 Å². The maximum absolute atomic E-state index is 13.5. The molecule has 0 bridgehead atoms. The topological polar surface area (TPSA) is 63.9 Å². The van der Waals surface area contributed by atoms with Crippen molar-refractivity contribution in [3.63, 3.8) is 0 Å². The zero-order valence-corrected chi connectivity index (χ0v) is 18.8. The first-order valence-corrected chi connectivity index (χ1v) is 10.6. The van der Waals surface area contributed by atoms with E-state index in [1.807, 2.05) is 62.0 Å². The zero-order valence-electron chi connectivity index (χ0n) is 18.1. The summed E-state index contributed by atoms with van der Waals surface area (Å²) >= 11 is 6.23. The van der Waals surface area contributed by atoms with Crippen molar-refractivity contribution in [1.82, 2.24) is 24.6 Å². The molecule has 0 aliphatic carbocycles. The van der Waals surface area contributed by atoms with Gasteiger partial charge in [-0.1, -0.05) is 41.4 Å². The predicted molar refractivity (Wildman–Crippen MR) is 123 cm³/mol. The largest absolute Gasteiger partial charge is 0.336 e. The van der Waals surface area contributed by atoms with Crippen molar-refractivity contribution in [3.05, 3.63) is 76.2 Å². The molecule has 6 nitrogen and oxygen atoms in total. The molecule has 7 heteroatoms. The highest BCUT2D eigenvalue weighted by atomic mass is 35.5. The van der Waals surface area contributed by atoms with Crippen molar-refractivity contribution in [2.24, 2.45) is 0 Å². The van der Waals surface area contributed by atoms with Crippen LogP contribution in [0.3, 0.4) is 0 Å². The van der Waals surface area contributed by atoms with Crippen molar-refractivity contribution in [2.75, 3.05) is 7.05 Å². The van der Waals surface area contributed by atoms with Crippen molar-refractivity contribution in [3.8, 4) is 11.4 Å². The van der Waals surface area contributed by atoms with E-state index in [1.165, 1.54) is 0 Å². The molecule has 0 atom stereocenters. The van der Waals surface area contributed by atoms with E-state index < -0.39 is 0 Å². The molecule has 2 heterocycles. The third-order valence-electron chi connectivity index (χ3n) is 5.43. The average molecular weight is 434 g/mol. The molecule has 0 N–H and O–H groups in total. The van der Waals surface area contributed by atoms with E-state index >= 15 is 0 Å². The van der Waals surface area contributed by atoms with E-state index in [1.54, 1.807) is 24.1 Å². The van der Waals surface area contributed by atoms with E-state index in [9.17, 15) is 4.79 Å². The van der Waals surface area contributed by atoms with Crippen LogP contribution in [0.15, 0.2) is 48.7 Å². The Morgan fingerprint density at radius 3 is 2.52 bits per heavy atom. The highest BCUT2D eigenvalue weighted by Gasteiger charge is 2.21. The molecule has 0 saturated carbocycles. The number of hydrogen-bond acceptors (Lipinski definition) is 4. The van der Waals surface area contributed by atoms with Crippen molar-refractivity contribution >= 4 is 28.4 Å². The van der Waals surface area contributed by atoms with Crippen LogP contribution in [0.25, 0.3) is 22.3 Å². The quantitative estimate of drug-likeness (QED) is 0.441. The molecule has 2 aromatic carbocycles. The average Bonchev–Trinajstić information content (AvgIpc) is 3.12. The molecule has 0 fully saturated rings. The number of halogens is 1. The Hall–Kier alpha value is -3.25. The zero-order chi connectivity index (χ0) is 22.1. The van der Waals surface area contributed by atoms with E-state index in [4.69, 9.17) is 11.6 Å². The lowest BCUT2D eigenvalue weighted by Gasteiger charge is -2.18. The fourth-order valence-electron chi connectivity index (χ4n) is 3.56. The molecule has 31 heavy (non-hydrogen) atoms. The fourth-order valence-corrected chi connectivity index (χ4v) is 3.73. The molecule has 2 aromatic heterocycles. The number of hydrogen-bond donors (Lipinski definition) is 0. The summed E-state index contributed by atoms with van der Waals surface area (Å²) in [6.07, 6.45) is 1.81. The van der Waals surface area contributed by atoms with E-state index in [-0.39, 0.29) is 5.91 Å². The van der Waals surface area contributed by atoms with Crippen LogP contribution in [0.2, 0.25) is 5.02 Å². The number of aromatic nitrogens is 4. The second-order valence-electron chi connectivity index (χ2n) is 7.66. The standard InChI is InChI=1S/C24H24ClN5O/c1-5-30-16(3)18(13-26-30)14-29(4)24(31)22-20-12-19(25)10-11-21(20)27-23(28-22)17-8-6-15(2)7-9-17/h6-13H,5,14H2,1-4H3. The van der Waals surface area contributed by atoms with E-state index in [0.717, 1.165) is 28.9 Å². The van der Waals surface area contributed by atoms with E-state index in [2.05, 4.69) is 15.1 Å². The minimum Gasteiger partial charge on any atom is -0.336 e. The first-order chi connectivity index (χ1) is 14.9. The Morgan fingerprint density at radius 1 is 1.10 bits per heavy atom. The maximum Gasteiger partial charge on any atom is 0.273 e. The van der Waals surface area contributed by atoms with Crippen molar-refractivity contribution < 1.29 is 4.79 Å². The number of carbonyl (C=O) groups excluding carboxylic acids is 1. The molecular weight excluding hydrogens is 410 g/mol. The molecule has 0 saturated heterocycles. The molecule has 4 aromatic rings. The summed E-state index contributed by atoms with van der Waals surface area (Å²) in [7, 11) is 1.77. The highest BCUT2D eigenvalue weighted by Crippen LogP contribution is 2.26. The number of rotatable bonds is 5.